The summed E-state index contributed by atoms with van der Waals surface area (Å²) >= 11 is 1.16. The third kappa shape index (κ3) is 3.53. The Balaban J connectivity index is 1.92. The van der Waals surface area contributed by atoms with Crippen LogP contribution in [0.2, 0.25) is 0 Å². The largest absolute Gasteiger partial charge is 0.507 e. The first kappa shape index (κ1) is 20.2. The molecule has 0 radical (unpaired) electrons. The lowest BCUT2D eigenvalue weighted by molar-refractivity contribution is -0.384. The van der Waals surface area contributed by atoms with Crippen LogP contribution in [0.4, 0.5) is 10.8 Å². The fourth-order valence-corrected chi connectivity index (χ4v) is 4.05. The summed E-state index contributed by atoms with van der Waals surface area (Å²) in [5.74, 6) is -1.63. The number of hydrogen-bond donors (Lipinski definition) is 1. The summed E-state index contributed by atoms with van der Waals surface area (Å²) in [5, 5.41) is 24.0. The molecule has 0 saturated carbocycles. The zero-order chi connectivity index (χ0) is 22.1. The quantitative estimate of drug-likeness (QED) is 0.212. The maximum Gasteiger partial charge on any atom is 0.301 e. The number of aliphatic hydroxyl groups excluding tert-OH is 1. The Labute approximate surface area is 180 Å². The molecule has 1 unspecified atom stereocenters. The fourth-order valence-electron chi connectivity index (χ4n) is 3.38. The van der Waals surface area contributed by atoms with Crippen LogP contribution in [0.5, 0.6) is 5.75 Å². The topological polar surface area (TPSA) is 123 Å². The number of carbonyl (C=O) groups excluding carboxylic acids is 2. The summed E-state index contributed by atoms with van der Waals surface area (Å²) in [7, 11) is 1.47. The number of ether oxygens (including phenoxy) is 1. The minimum absolute atomic E-state index is 0.136. The second-order valence-electron chi connectivity index (χ2n) is 6.56. The molecule has 1 aliphatic rings. The van der Waals surface area contributed by atoms with Gasteiger partial charge in [0.15, 0.2) is 5.13 Å². The Morgan fingerprint density at radius 3 is 2.58 bits per heavy atom. The van der Waals surface area contributed by atoms with Gasteiger partial charge in [0.2, 0.25) is 0 Å². The number of ketones is 1. The molecule has 3 aromatic rings. The minimum Gasteiger partial charge on any atom is -0.507 e. The first-order valence-electron chi connectivity index (χ1n) is 9.01. The maximum atomic E-state index is 13.0. The predicted molar refractivity (Wildman–Crippen MR) is 113 cm³/mol. The van der Waals surface area contributed by atoms with Crippen LogP contribution in [0.1, 0.15) is 17.2 Å². The first-order chi connectivity index (χ1) is 14.9. The summed E-state index contributed by atoms with van der Waals surface area (Å²) in [5.41, 5.74) is 0.442. The lowest BCUT2D eigenvalue weighted by Crippen LogP contribution is -2.29. The third-order valence-electron chi connectivity index (χ3n) is 4.83. The number of non-ortho nitro benzene ring substituents is 1. The van der Waals surface area contributed by atoms with Crippen LogP contribution in [0, 0.1) is 10.1 Å². The number of aliphatic hydroxyl groups is 1. The van der Waals surface area contributed by atoms with Crippen LogP contribution >= 0.6 is 11.3 Å². The summed E-state index contributed by atoms with van der Waals surface area (Å²) in [6.45, 7) is 0. The normalized spacial score (nSPS) is 17.7. The molecule has 31 heavy (non-hydrogen) atoms. The number of Topliss-reactive ketones (excluding diaryl/α,β-unsaturated/α-hetero) is 1. The number of nitro groups is 1. The van der Waals surface area contributed by atoms with Gasteiger partial charge in [-0.3, -0.25) is 24.6 Å². The predicted octanol–water partition coefficient (Wildman–Crippen LogP) is 3.69. The molecule has 4 rings (SSSR count). The molecule has 9 nitrogen and oxygen atoms in total. The minimum atomic E-state index is -1.00. The standard InChI is InChI=1S/C21H15N3O6S/c1-30-15-4-2-3-13(11-15)18(25)16-17(12-5-7-14(8-6-12)24(28)29)23(20(27)19(16)26)21-22-9-10-31-21/h2-11,17,25H,1H3. The van der Waals surface area contributed by atoms with E-state index in [0.717, 1.165) is 11.3 Å². The number of methoxy groups -OCH3 is 1. The number of anilines is 1. The van der Waals surface area contributed by atoms with Crippen molar-refractivity contribution >= 4 is 39.6 Å². The Kier molecular flexibility index (Phi) is 5.22. The van der Waals surface area contributed by atoms with Gasteiger partial charge in [-0.05, 0) is 29.8 Å². The summed E-state index contributed by atoms with van der Waals surface area (Å²) < 4.78 is 5.17. The van der Waals surface area contributed by atoms with Crippen molar-refractivity contribution in [2.24, 2.45) is 0 Å². The van der Waals surface area contributed by atoms with Gasteiger partial charge in [-0.1, -0.05) is 12.1 Å². The number of rotatable bonds is 5. The number of benzene rings is 2. The molecule has 1 atom stereocenters. The molecule has 1 aliphatic heterocycles. The number of amides is 1. The van der Waals surface area contributed by atoms with E-state index in [-0.39, 0.29) is 22.2 Å². The van der Waals surface area contributed by atoms with Gasteiger partial charge < -0.3 is 9.84 Å². The van der Waals surface area contributed by atoms with Crippen LogP contribution in [0.25, 0.3) is 5.76 Å². The molecule has 0 bridgehead atoms. The number of aromatic nitrogens is 1. The van der Waals surface area contributed by atoms with E-state index in [1.165, 1.54) is 42.5 Å². The lowest BCUT2D eigenvalue weighted by atomic mass is 9.95. The van der Waals surface area contributed by atoms with Gasteiger partial charge in [-0.15, -0.1) is 11.3 Å². The van der Waals surface area contributed by atoms with Gasteiger partial charge in [0, 0.05) is 29.3 Å². The molecule has 10 heteroatoms. The number of carbonyl (C=O) groups is 2. The first-order valence-corrected chi connectivity index (χ1v) is 9.89. The number of nitrogens with zero attached hydrogens (tertiary/aromatic N) is 3. The number of hydrogen-bond acceptors (Lipinski definition) is 8. The average Bonchev–Trinajstić information content (AvgIpc) is 3.40. The van der Waals surface area contributed by atoms with Crippen molar-refractivity contribution < 1.29 is 24.4 Å². The molecule has 1 fully saturated rings. The summed E-state index contributed by atoms with van der Waals surface area (Å²) in [4.78, 5) is 41.7. The van der Waals surface area contributed by atoms with E-state index >= 15 is 0 Å². The average molecular weight is 437 g/mol. The monoisotopic (exact) mass is 437 g/mol. The van der Waals surface area contributed by atoms with E-state index in [0.29, 0.717) is 16.9 Å². The number of thiazole rings is 1. The van der Waals surface area contributed by atoms with Crippen molar-refractivity contribution in [2.45, 2.75) is 6.04 Å². The molecule has 2 heterocycles. The Morgan fingerprint density at radius 1 is 1.23 bits per heavy atom. The molecular formula is C21H15N3O6S. The van der Waals surface area contributed by atoms with E-state index in [2.05, 4.69) is 4.98 Å². The van der Waals surface area contributed by atoms with E-state index in [1.807, 2.05) is 0 Å². The summed E-state index contributed by atoms with van der Waals surface area (Å²) in [6.07, 6.45) is 1.49. The van der Waals surface area contributed by atoms with Crippen molar-refractivity contribution in [3.05, 3.63) is 86.9 Å². The third-order valence-corrected chi connectivity index (χ3v) is 5.60. The Morgan fingerprint density at radius 2 is 1.97 bits per heavy atom. The molecule has 156 valence electrons. The Bertz CT molecular complexity index is 1200. The van der Waals surface area contributed by atoms with Crippen molar-refractivity contribution in [3.63, 3.8) is 0 Å². The Hall–Kier alpha value is -4.05. The van der Waals surface area contributed by atoms with Gasteiger partial charge in [0.05, 0.1) is 23.6 Å². The van der Waals surface area contributed by atoms with E-state index in [4.69, 9.17) is 4.74 Å². The van der Waals surface area contributed by atoms with Crippen LogP contribution < -0.4 is 9.64 Å². The molecule has 2 aromatic carbocycles. The second kappa shape index (κ2) is 8.00. The highest BCUT2D eigenvalue weighted by molar-refractivity contribution is 7.14. The van der Waals surface area contributed by atoms with E-state index < -0.39 is 22.7 Å². The maximum absolute atomic E-state index is 13.0. The van der Waals surface area contributed by atoms with Gasteiger partial charge in [-0.2, -0.15) is 0 Å². The molecule has 0 aliphatic carbocycles. The van der Waals surface area contributed by atoms with Gasteiger partial charge in [-0.25, -0.2) is 4.98 Å². The van der Waals surface area contributed by atoms with E-state index in [1.54, 1.807) is 29.6 Å². The van der Waals surface area contributed by atoms with Gasteiger partial charge in [0.1, 0.15) is 11.5 Å². The second-order valence-corrected chi connectivity index (χ2v) is 7.44. The van der Waals surface area contributed by atoms with Crippen LogP contribution in [-0.4, -0.2) is 33.8 Å². The molecule has 1 aromatic heterocycles. The highest BCUT2D eigenvalue weighted by atomic mass is 32.1. The lowest BCUT2D eigenvalue weighted by Gasteiger charge is -2.22. The SMILES string of the molecule is COc1cccc(C(O)=C2C(=O)C(=O)N(c3nccs3)C2c2ccc([N+](=O)[O-])cc2)c1. The fraction of sp³-hybridized carbons (Fsp3) is 0.0952. The van der Waals surface area contributed by atoms with Crippen LogP contribution in [0.15, 0.2) is 65.7 Å². The van der Waals surface area contributed by atoms with Crippen LogP contribution in [-0.2, 0) is 9.59 Å². The zero-order valence-corrected chi connectivity index (χ0v) is 16.9. The van der Waals surface area contributed by atoms with Crippen molar-refractivity contribution in [1.82, 2.24) is 4.98 Å². The van der Waals surface area contributed by atoms with E-state index in [9.17, 15) is 24.8 Å². The highest BCUT2D eigenvalue weighted by Gasteiger charge is 2.48. The smallest absolute Gasteiger partial charge is 0.301 e. The van der Waals surface area contributed by atoms with Gasteiger partial charge in [0.25, 0.3) is 11.5 Å². The molecule has 1 saturated heterocycles. The van der Waals surface area contributed by atoms with Gasteiger partial charge >= 0.3 is 5.91 Å². The number of nitro benzene ring substituents is 1. The van der Waals surface area contributed by atoms with Crippen LogP contribution in [0.3, 0.4) is 0 Å². The molecule has 1 N–H and O–H groups in total. The zero-order valence-electron chi connectivity index (χ0n) is 16.1. The highest BCUT2D eigenvalue weighted by Crippen LogP contribution is 2.43. The van der Waals surface area contributed by atoms with Crippen molar-refractivity contribution in [2.75, 3.05) is 12.0 Å². The molecule has 1 amide bonds. The molecule has 0 spiro atoms. The summed E-state index contributed by atoms with van der Waals surface area (Å²) in [6, 6.07) is 10.9. The van der Waals surface area contributed by atoms with Crippen molar-refractivity contribution in [1.29, 1.82) is 0 Å². The molecular weight excluding hydrogens is 422 g/mol. The van der Waals surface area contributed by atoms with Crippen molar-refractivity contribution in [3.8, 4) is 5.75 Å².